The lowest BCUT2D eigenvalue weighted by Gasteiger charge is -2.18. The van der Waals surface area contributed by atoms with Crippen molar-refractivity contribution in [1.82, 2.24) is 4.57 Å². The average Bonchev–Trinajstić information content (AvgIpc) is 2.48. The van der Waals surface area contributed by atoms with E-state index in [1.807, 2.05) is 6.07 Å². The molecule has 0 saturated carbocycles. The molecule has 0 fully saturated rings. The Morgan fingerprint density at radius 2 is 1.91 bits per heavy atom. The zero-order valence-electron chi connectivity index (χ0n) is 12.2. The van der Waals surface area contributed by atoms with Gasteiger partial charge in [0.2, 0.25) is 0 Å². The lowest BCUT2D eigenvalue weighted by molar-refractivity contribution is -0.137. The van der Waals surface area contributed by atoms with E-state index in [9.17, 15) is 14.4 Å². The first-order valence-corrected chi connectivity index (χ1v) is 7.62. The minimum absolute atomic E-state index is 0.0928. The Morgan fingerprint density at radius 1 is 1.13 bits per heavy atom. The number of pyridine rings is 1. The summed E-state index contributed by atoms with van der Waals surface area (Å²) in [7, 11) is 0. The molecule has 0 saturated heterocycles. The highest BCUT2D eigenvalue weighted by Crippen LogP contribution is 2.32. The van der Waals surface area contributed by atoms with Crippen molar-refractivity contribution in [3.05, 3.63) is 57.0 Å². The lowest BCUT2D eigenvalue weighted by Crippen LogP contribution is -2.25. The van der Waals surface area contributed by atoms with Gasteiger partial charge in [-0.2, -0.15) is 0 Å². The fraction of sp³-hybridized carbons (Fsp3) is 0.235. The topological polar surface area (TPSA) is 76.4 Å². The number of benzene rings is 1. The SMILES string of the molecule is O=C(O)Cn1cc2c(cc1=O)-c1cc(Cl)ccc1CCCC2=O. The Balaban J connectivity index is 2.27. The highest BCUT2D eigenvalue weighted by Gasteiger charge is 2.21. The van der Waals surface area contributed by atoms with Gasteiger partial charge in [0, 0.05) is 29.3 Å². The van der Waals surface area contributed by atoms with Crippen LogP contribution in [0.5, 0.6) is 0 Å². The van der Waals surface area contributed by atoms with Crippen LogP contribution in [-0.2, 0) is 17.8 Å². The van der Waals surface area contributed by atoms with E-state index in [2.05, 4.69) is 0 Å². The van der Waals surface area contributed by atoms with Crippen LogP contribution < -0.4 is 5.56 Å². The fourth-order valence-corrected chi connectivity index (χ4v) is 3.05. The minimum Gasteiger partial charge on any atom is -0.480 e. The van der Waals surface area contributed by atoms with Gasteiger partial charge in [-0.25, -0.2) is 0 Å². The first-order chi connectivity index (χ1) is 11.0. The van der Waals surface area contributed by atoms with Gasteiger partial charge in [0.25, 0.3) is 5.56 Å². The number of fused-ring (bicyclic) bond motifs is 3. The molecule has 0 atom stereocenters. The van der Waals surface area contributed by atoms with Crippen molar-refractivity contribution < 1.29 is 14.7 Å². The number of carbonyl (C=O) groups excluding carboxylic acids is 1. The molecule has 1 aromatic heterocycles. The number of carboxylic acids is 1. The lowest BCUT2D eigenvalue weighted by atomic mass is 9.88. The number of Topliss-reactive ketones (excluding diaryl/α,β-unsaturated/α-hetero) is 1. The Labute approximate surface area is 137 Å². The molecule has 0 amide bonds. The maximum Gasteiger partial charge on any atom is 0.323 e. The second kappa shape index (κ2) is 6.01. The summed E-state index contributed by atoms with van der Waals surface area (Å²) in [5, 5.41) is 9.42. The number of nitrogens with zero attached hydrogens (tertiary/aromatic N) is 1. The average molecular weight is 332 g/mol. The minimum atomic E-state index is -1.13. The van der Waals surface area contributed by atoms with Crippen LogP contribution in [0.15, 0.2) is 35.3 Å². The monoisotopic (exact) mass is 331 g/mol. The van der Waals surface area contributed by atoms with Crippen LogP contribution >= 0.6 is 11.6 Å². The molecule has 0 aliphatic heterocycles. The van der Waals surface area contributed by atoms with Crippen LogP contribution in [0.4, 0.5) is 0 Å². The zero-order valence-corrected chi connectivity index (χ0v) is 13.0. The molecule has 1 aromatic carbocycles. The van der Waals surface area contributed by atoms with Crippen molar-refractivity contribution in [2.24, 2.45) is 0 Å². The van der Waals surface area contributed by atoms with Gasteiger partial charge in [-0.3, -0.25) is 14.4 Å². The molecule has 0 spiro atoms. The standard InChI is InChI=1S/C17H14ClNO4/c18-11-5-4-10-2-1-3-15(20)14-8-19(9-17(22)23)16(21)7-13(14)12(10)6-11/h4-8H,1-3,9H2,(H,22,23). The van der Waals surface area contributed by atoms with Crippen LogP contribution in [0.25, 0.3) is 11.1 Å². The summed E-state index contributed by atoms with van der Waals surface area (Å²) in [5.41, 5.74) is 2.23. The maximum atomic E-state index is 12.4. The number of aliphatic carboxylic acids is 1. The van der Waals surface area contributed by atoms with Crippen LogP contribution in [0, 0.1) is 0 Å². The summed E-state index contributed by atoms with van der Waals surface area (Å²) < 4.78 is 1.05. The molecule has 1 aliphatic carbocycles. The van der Waals surface area contributed by atoms with Crippen LogP contribution in [0.1, 0.15) is 28.8 Å². The van der Waals surface area contributed by atoms with Gasteiger partial charge in [0.1, 0.15) is 6.54 Å². The molecule has 5 nitrogen and oxygen atoms in total. The van der Waals surface area contributed by atoms with E-state index in [1.54, 1.807) is 12.1 Å². The highest BCUT2D eigenvalue weighted by atomic mass is 35.5. The normalized spacial score (nSPS) is 13.7. The van der Waals surface area contributed by atoms with Crippen LogP contribution in [-0.4, -0.2) is 21.4 Å². The third-order valence-corrected chi connectivity index (χ3v) is 4.18. The molecule has 2 aromatic rings. The molecular weight excluding hydrogens is 318 g/mol. The predicted octanol–water partition coefficient (Wildman–Crippen LogP) is 2.77. The molecule has 3 rings (SSSR count). The molecule has 0 radical (unpaired) electrons. The van der Waals surface area contributed by atoms with Gasteiger partial charge in [0.15, 0.2) is 5.78 Å². The van der Waals surface area contributed by atoms with Gasteiger partial charge in [-0.1, -0.05) is 17.7 Å². The predicted molar refractivity (Wildman–Crippen MR) is 86.1 cm³/mol. The number of rotatable bonds is 2. The molecule has 118 valence electrons. The zero-order chi connectivity index (χ0) is 16.6. The van der Waals surface area contributed by atoms with E-state index in [1.165, 1.54) is 12.3 Å². The Hall–Kier alpha value is -2.40. The number of hydrogen-bond donors (Lipinski definition) is 1. The van der Waals surface area contributed by atoms with Crippen molar-refractivity contribution in [2.45, 2.75) is 25.8 Å². The third-order valence-electron chi connectivity index (χ3n) is 3.94. The van der Waals surface area contributed by atoms with Crippen molar-refractivity contribution in [2.75, 3.05) is 0 Å². The van der Waals surface area contributed by atoms with Crippen molar-refractivity contribution >= 4 is 23.4 Å². The van der Waals surface area contributed by atoms with Gasteiger partial charge in [0.05, 0.1) is 0 Å². The van der Waals surface area contributed by atoms with E-state index < -0.39 is 18.1 Å². The maximum absolute atomic E-state index is 12.4. The van der Waals surface area contributed by atoms with Crippen molar-refractivity contribution in [3.63, 3.8) is 0 Å². The smallest absolute Gasteiger partial charge is 0.323 e. The Kier molecular flexibility index (Phi) is 4.05. The molecule has 1 aliphatic rings. The van der Waals surface area contributed by atoms with E-state index >= 15 is 0 Å². The summed E-state index contributed by atoms with van der Waals surface area (Å²) in [6, 6.07) is 6.76. The summed E-state index contributed by atoms with van der Waals surface area (Å²) >= 11 is 6.07. The molecule has 1 N–H and O–H groups in total. The second-order valence-electron chi connectivity index (χ2n) is 5.54. The largest absolute Gasteiger partial charge is 0.480 e. The summed E-state index contributed by atoms with van der Waals surface area (Å²) in [6.07, 6.45) is 3.14. The number of carbonyl (C=O) groups is 2. The first kappa shape index (κ1) is 15.5. The van der Waals surface area contributed by atoms with Crippen LogP contribution in [0.2, 0.25) is 5.02 Å². The number of halogens is 1. The Bertz CT molecular complexity index is 869. The van der Waals surface area contributed by atoms with Crippen molar-refractivity contribution in [1.29, 1.82) is 0 Å². The van der Waals surface area contributed by atoms with Gasteiger partial charge >= 0.3 is 5.97 Å². The number of hydrogen-bond acceptors (Lipinski definition) is 3. The van der Waals surface area contributed by atoms with E-state index in [0.29, 0.717) is 29.0 Å². The molecule has 1 heterocycles. The van der Waals surface area contributed by atoms with E-state index in [0.717, 1.165) is 22.1 Å². The highest BCUT2D eigenvalue weighted by molar-refractivity contribution is 6.31. The van der Waals surface area contributed by atoms with Crippen molar-refractivity contribution in [3.8, 4) is 11.1 Å². The van der Waals surface area contributed by atoms with Gasteiger partial charge in [-0.15, -0.1) is 0 Å². The summed E-state index contributed by atoms with van der Waals surface area (Å²) in [4.78, 5) is 35.5. The fourth-order valence-electron chi connectivity index (χ4n) is 2.88. The van der Waals surface area contributed by atoms with Gasteiger partial charge in [-0.05, 0) is 41.7 Å². The summed E-state index contributed by atoms with van der Waals surface area (Å²) in [6.45, 7) is -0.470. The summed E-state index contributed by atoms with van der Waals surface area (Å²) in [5.74, 6) is -1.22. The first-order valence-electron chi connectivity index (χ1n) is 7.24. The Morgan fingerprint density at radius 3 is 2.65 bits per heavy atom. The molecular formula is C17H14ClNO4. The van der Waals surface area contributed by atoms with E-state index in [4.69, 9.17) is 16.7 Å². The second-order valence-corrected chi connectivity index (χ2v) is 5.98. The van der Waals surface area contributed by atoms with Crippen LogP contribution in [0.3, 0.4) is 0 Å². The quantitative estimate of drug-likeness (QED) is 0.918. The molecule has 0 unspecified atom stereocenters. The third kappa shape index (κ3) is 3.05. The number of carboxylic acid groups (broad SMARTS) is 1. The van der Waals surface area contributed by atoms with E-state index in [-0.39, 0.29) is 5.78 Å². The molecule has 23 heavy (non-hydrogen) atoms. The molecule has 6 heteroatoms. The van der Waals surface area contributed by atoms with Gasteiger partial charge < -0.3 is 9.67 Å². The number of aromatic nitrogens is 1. The molecule has 0 bridgehead atoms. The number of ketones is 1. The number of aryl methyl sites for hydroxylation is 1.